The lowest BCUT2D eigenvalue weighted by Gasteiger charge is -2.29. The first-order valence-corrected chi connectivity index (χ1v) is 16.0. The second kappa shape index (κ2) is 16.4. The molecule has 4 rings (SSSR count). The van der Waals surface area contributed by atoms with E-state index < -0.39 is 24.3 Å². The highest BCUT2D eigenvalue weighted by Gasteiger charge is 2.38. The van der Waals surface area contributed by atoms with Gasteiger partial charge in [-0.1, -0.05) is 27.7 Å². The molecule has 2 aliphatic rings. The molecule has 4 heterocycles. The van der Waals surface area contributed by atoms with Crippen molar-refractivity contribution in [1.29, 1.82) is 0 Å². The van der Waals surface area contributed by atoms with Crippen molar-refractivity contribution in [3.63, 3.8) is 0 Å². The quantitative estimate of drug-likeness (QED) is 0.313. The molecule has 254 valence electrons. The predicted molar refractivity (Wildman–Crippen MR) is 174 cm³/mol. The minimum absolute atomic E-state index is 0.123. The minimum atomic E-state index is -0.710. The summed E-state index contributed by atoms with van der Waals surface area (Å²) >= 11 is 0. The molecule has 4 N–H and O–H groups in total. The first-order valence-electron chi connectivity index (χ1n) is 16.0. The number of ether oxygens (including phenoxy) is 2. The standard InChI is InChI=1S/C34H42N8O6/c1-21(2)27(39-33(45)47-5)31(43)41-17-11-15-25(41)29-35-19-23(37-29)13-9-7-8-10-14-24-20-36-30(38-24)26-16-12-18-42(26)32(44)28(22(3)4)40-34(46)48-6/h19-22,25-28H,11-12,15-18H2,1-6H3,(H,35,37)(H,36,38)(H,39,45)(H,40,46)/t25-,26-,27-,28-/m0/s1. The Bertz CT molecular complexity index is 1560. The van der Waals surface area contributed by atoms with Gasteiger partial charge in [-0.25, -0.2) is 19.6 Å². The van der Waals surface area contributed by atoms with Crippen molar-refractivity contribution >= 4 is 24.0 Å². The SMILES string of the molecule is COC(=O)N[C@H](C(=O)N1CCC[C@H]1c1ncc(C#CC#CC#Cc2cnc([C@@H]3CCCN3C(=O)[C@@H](NC(=O)OC)C(C)C)[nH]2)[nH]1)C(C)C. The number of methoxy groups -OCH3 is 2. The monoisotopic (exact) mass is 658 g/mol. The molecule has 2 aromatic heterocycles. The molecule has 14 heteroatoms. The molecule has 0 aliphatic carbocycles. The Kier molecular flexibility index (Phi) is 12.1. The van der Waals surface area contributed by atoms with E-state index in [1.165, 1.54) is 14.2 Å². The summed E-state index contributed by atoms with van der Waals surface area (Å²) < 4.78 is 9.39. The average Bonchev–Trinajstić information content (AvgIpc) is 3.89. The third-order valence-corrected chi connectivity index (χ3v) is 8.26. The lowest BCUT2D eigenvalue weighted by atomic mass is 10.0. The number of nitrogens with zero attached hydrogens (tertiary/aromatic N) is 4. The van der Waals surface area contributed by atoms with E-state index in [1.807, 2.05) is 27.7 Å². The Morgan fingerprint density at radius 1 is 0.729 bits per heavy atom. The van der Waals surface area contributed by atoms with Gasteiger partial charge in [0.05, 0.1) is 38.7 Å². The summed E-state index contributed by atoms with van der Waals surface area (Å²) in [7, 11) is 2.53. The molecule has 0 aromatic carbocycles. The summed E-state index contributed by atoms with van der Waals surface area (Å²) in [5.41, 5.74) is 1.10. The van der Waals surface area contributed by atoms with Crippen LogP contribution in [0.25, 0.3) is 0 Å². The van der Waals surface area contributed by atoms with Crippen LogP contribution < -0.4 is 10.6 Å². The first kappa shape index (κ1) is 35.4. The first-order chi connectivity index (χ1) is 23.0. The van der Waals surface area contributed by atoms with Crippen LogP contribution >= 0.6 is 0 Å². The molecule has 0 saturated carbocycles. The van der Waals surface area contributed by atoms with Crippen molar-refractivity contribution in [2.75, 3.05) is 27.3 Å². The maximum atomic E-state index is 13.3. The number of nitrogens with one attached hydrogen (secondary N) is 4. The van der Waals surface area contributed by atoms with Crippen LogP contribution in [-0.2, 0) is 19.1 Å². The zero-order chi connectivity index (χ0) is 34.8. The van der Waals surface area contributed by atoms with Crippen molar-refractivity contribution in [2.24, 2.45) is 11.8 Å². The highest BCUT2D eigenvalue weighted by Crippen LogP contribution is 2.32. The van der Waals surface area contributed by atoms with Gasteiger partial charge in [0, 0.05) is 13.1 Å². The van der Waals surface area contributed by atoms with Crippen molar-refractivity contribution < 1.29 is 28.7 Å². The zero-order valence-electron chi connectivity index (χ0n) is 28.1. The van der Waals surface area contributed by atoms with Crippen LogP contribution in [-0.4, -0.2) is 93.1 Å². The fourth-order valence-corrected chi connectivity index (χ4v) is 5.78. The Morgan fingerprint density at radius 3 is 1.48 bits per heavy atom. The van der Waals surface area contributed by atoms with Crippen molar-refractivity contribution in [1.82, 2.24) is 40.4 Å². The number of amides is 4. The summed E-state index contributed by atoms with van der Waals surface area (Å²) in [4.78, 5) is 69.0. The van der Waals surface area contributed by atoms with Gasteiger partial charge in [0.1, 0.15) is 35.1 Å². The van der Waals surface area contributed by atoms with E-state index in [-0.39, 0.29) is 35.7 Å². The summed E-state index contributed by atoms with van der Waals surface area (Å²) in [5.74, 6) is 17.4. The topological polar surface area (TPSA) is 175 Å². The van der Waals surface area contributed by atoms with Gasteiger partial charge >= 0.3 is 12.2 Å². The zero-order valence-corrected chi connectivity index (χ0v) is 28.1. The van der Waals surface area contributed by atoms with Crippen molar-refractivity contribution in [2.45, 2.75) is 77.5 Å². The molecule has 48 heavy (non-hydrogen) atoms. The molecule has 2 aliphatic heterocycles. The molecule has 4 atom stereocenters. The Balaban J connectivity index is 1.36. The molecule has 0 bridgehead atoms. The van der Waals surface area contributed by atoms with Crippen LogP contribution in [0.3, 0.4) is 0 Å². The van der Waals surface area contributed by atoms with Gasteiger partial charge in [-0.2, -0.15) is 0 Å². The number of hydrogen-bond acceptors (Lipinski definition) is 8. The molecule has 0 spiro atoms. The van der Waals surface area contributed by atoms with E-state index in [2.05, 4.69) is 66.1 Å². The maximum absolute atomic E-state index is 13.3. The molecule has 4 amide bonds. The van der Waals surface area contributed by atoms with E-state index in [0.29, 0.717) is 36.1 Å². The number of imidazole rings is 2. The number of H-pyrrole nitrogens is 2. The molecule has 2 aromatic rings. The normalized spacial score (nSPS) is 18.1. The van der Waals surface area contributed by atoms with Crippen LogP contribution in [0, 0.1) is 47.4 Å². The van der Waals surface area contributed by atoms with Crippen LogP contribution in [0.5, 0.6) is 0 Å². The number of carbonyl (C=O) groups is 4. The number of rotatable bonds is 8. The molecular formula is C34H42N8O6. The largest absolute Gasteiger partial charge is 0.453 e. The maximum Gasteiger partial charge on any atom is 0.407 e. The van der Waals surface area contributed by atoms with Crippen molar-refractivity contribution in [3.05, 3.63) is 35.4 Å². The number of alkyl carbamates (subject to hydrolysis) is 2. The Hall–Kier alpha value is -5.42. The molecule has 14 nitrogen and oxygen atoms in total. The predicted octanol–water partition coefficient (Wildman–Crippen LogP) is 2.63. The lowest BCUT2D eigenvalue weighted by Crippen LogP contribution is -2.51. The van der Waals surface area contributed by atoms with Crippen LogP contribution in [0.1, 0.15) is 88.5 Å². The summed E-state index contributed by atoms with van der Waals surface area (Å²) in [6.07, 6.45) is 5.00. The van der Waals surface area contributed by atoms with Crippen molar-refractivity contribution in [3.8, 4) is 35.5 Å². The summed E-state index contributed by atoms with van der Waals surface area (Å²) in [5, 5.41) is 5.28. The molecule has 2 saturated heterocycles. The summed E-state index contributed by atoms with van der Waals surface area (Å²) in [6, 6.07) is -1.93. The van der Waals surface area contributed by atoms with Gasteiger partial charge in [0.15, 0.2) is 0 Å². The smallest absolute Gasteiger partial charge is 0.407 e. The Labute approximate surface area is 280 Å². The van der Waals surface area contributed by atoms with E-state index in [1.54, 1.807) is 22.2 Å². The summed E-state index contributed by atoms with van der Waals surface area (Å²) in [6.45, 7) is 8.59. The van der Waals surface area contributed by atoms with Crippen LogP contribution in [0.2, 0.25) is 0 Å². The second-order valence-electron chi connectivity index (χ2n) is 12.2. The highest BCUT2D eigenvalue weighted by molar-refractivity contribution is 5.87. The number of aromatic nitrogens is 4. The van der Waals surface area contributed by atoms with Gasteiger partial charge in [-0.3, -0.25) is 9.59 Å². The fraction of sp³-hybridized carbons (Fsp3) is 0.529. The van der Waals surface area contributed by atoms with E-state index >= 15 is 0 Å². The molecular weight excluding hydrogens is 616 g/mol. The minimum Gasteiger partial charge on any atom is -0.453 e. The third kappa shape index (κ3) is 8.68. The van der Waals surface area contributed by atoms with E-state index in [4.69, 9.17) is 9.47 Å². The molecule has 2 fully saturated rings. The number of likely N-dealkylation sites (tertiary alicyclic amines) is 2. The van der Waals surface area contributed by atoms with E-state index in [9.17, 15) is 19.2 Å². The second-order valence-corrected chi connectivity index (χ2v) is 12.2. The lowest BCUT2D eigenvalue weighted by molar-refractivity contribution is -0.136. The van der Waals surface area contributed by atoms with Gasteiger partial charge in [-0.15, -0.1) is 0 Å². The van der Waals surface area contributed by atoms with Crippen LogP contribution in [0.15, 0.2) is 12.4 Å². The van der Waals surface area contributed by atoms with E-state index in [0.717, 1.165) is 25.7 Å². The molecule has 0 radical (unpaired) electrons. The Morgan fingerprint density at radius 2 is 1.12 bits per heavy atom. The van der Waals surface area contributed by atoms with Gasteiger partial charge in [0.25, 0.3) is 0 Å². The number of aromatic amines is 2. The third-order valence-electron chi connectivity index (χ3n) is 8.26. The van der Waals surface area contributed by atoms with Gasteiger partial charge in [0.2, 0.25) is 11.8 Å². The fourth-order valence-electron chi connectivity index (χ4n) is 5.78. The van der Waals surface area contributed by atoms with Gasteiger partial charge < -0.3 is 39.9 Å². The number of carbonyl (C=O) groups excluding carboxylic acids is 4. The van der Waals surface area contributed by atoms with Gasteiger partial charge in [-0.05, 0) is 73.0 Å². The average molecular weight is 659 g/mol. The number of hydrogen-bond donors (Lipinski definition) is 4. The van der Waals surface area contributed by atoms with Crippen LogP contribution in [0.4, 0.5) is 9.59 Å². The highest BCUT2D eigenvalue weighted by atomic mass is 16.5. The molecule has 0 unspecified atom stereocenters.